The zero-order valence-corrected chi connectivity index (χ0v) is 18.7. The lowest BCUT2D eigenvalue weighted by atomic mass is 10.2. The van der Waals surface area contributed by atoms with Crippen molar-refractivity contribution in [1.82, 2.24) is 14.8 Å². The van der Waals surface area contributed by atoms with Gasteiger partial charge in [0, 0.05) is 41.6 Å². The van der Waals surface area contributed by atoms with E-state index in [1.54, 1.807) is 6.08 Å². The Balaban J connectivity index is 1.38. The van der Waals surface area contributed by atoms with Gasteiger partial charge in [-0.05, 0) is 61.4 Å². The van der Waals surface area contributed by atoms with Gasteiger partial charge in [0.1, 0.15) is 0 Å². The summed E-state index contributed by atoms with van der Waals surface area (Å²) in [5.74, 6) is 0.876. The van der Waals surface area contributed by atoms with Gasteiger partial charge in [-0.25, -0.2) is 0 Å². The first kappa shape index (κ1) is 21.5. The fourth-order valence-corrected chi connectivity index (χ4v) is 4.43. The van der Waals surface area contributed by atoms with Crippen LogP contribution < -0.4 is 10.2 Å². The van der Waals surface area contributed by atoms with Crippen molar-refractivity contribution >= 4 is 40.6 Å². The molecule has 2 aromatic carbocycles. The third-order valence-corrected chi connectivity index (χ3v) is 6.30. The van der Waals surface area contributed by atoms with Crippen LogP contribution in [0.4, 0.5) is 11.4 Å². The van der Waals surface area contributed by atoms with Crippen LogP contribution in [0.5, 0.6) is 0 Å². The molecule has 160 valence electrons. The summed E-state index contributed by atoms with van der Waals surface area (Å²) in [4.78, 5) is 14.8. The summed E-state index contributed by atoms with van der Waals surface area (Å²) in [6.07, 6.45) is 4.27. The van der Waals surface area contributed by atoms with Crippen LogP contribution in [0, 0.1) is 0 Å². The number of halogens is 1. The maximum absolute atomic E-state index is 12.5. The molecule has 0 radical (unpaired) electrons. The number of carbonyl (C=O) groups excluding carboxylic acids is 1. The van der Waals surface area contributed by atoms with Crippen molar-refractivity contribution in [2.45, 2.75) is 24.5 Å². The van der Waals surface area contributed by atoms with Gasteiger partial charge in [0.05, 0.1) is 5.75 Å². The number of nitrogens with zero attached hydrogens (tertiary/aromatic N) is 4. The minimum atomic E-state index is -0.0832. The average molecular weight is 454 g/mol. The van der Waals surface area contributed by atoms with Crippen LogP contribution in [0.2, 0.25) is 5.02 Å². The molecule has 1 aliphatic rings. The molecule has 3 aromatic rings. The number of allylic oxidation sites excluding steroid dienone is 1. The lowest BCUT2D eigenvalue weighted by Gasteiger charge is -2.17. The molecular weight excluding hydrogens is 430 g/mol. The summed E-state index contributed by atoms with van der Waals surface area (Å²) in [7, 11) is 0. The molecule has 31 heavy (non-hydrogen) atoms. The molecule has 0 bridgehead atoms. The second kappa shape index (κ2) is 10.0. The van der Waals surface area contributed by atoms with Gasteiger partial charge in [-0.3, -0.25) is 9.36 Å². The van der Waals surface area contributed by atoms with Crippen molar-refractivity contribution in [2.24, 2.45) is 0 Å². The van der Waals surface area contributed by atoms with Crippen molar-refractivity contribution < 1.29 is 4.79 Å². The van der Waals surface area contributed by atoms with E-state index in [1.165, 1.54) is 30.3 Å². The predicted octanol–water partition coefficient (Wildman–Crippen LogP) is 5.12. The quantitative estimate of drug-likeness (QED) is 0.379. The van der Waals surface area contributed by atoms with Crippen molar-refractivity contribution in [2.75, 3.05) is 29.1 Å². The van der Waals surface area contributed by atoms with Crippen LogP contribution in [0.3, 0.4) is 0 Å². The highest BCUT2D eigenvalue weighted by atomic mass is 35.5. The number of hydrogen-bond acceptors (Lipinski definition) is 5. The first-order valence-electron chi connectivity index (χ1n) is 10.2. The molecule has 1 amide bonds. The summed E-state index contributed by atoms with van der Waals surface area (Å²) in [5, 5.41) is 12.9. The maximum Gasteiger partial charge on any atom is 0.234 e. The minimum absolute atomic E-state index is 0.0832. The fourth-order valence-electron chi connectivity index (χ4n) is 3.56. The van der Waals surface area contributed by atoms with Gasteiger partial charge in [-0.15, -0.1) is 16.8 Å². The highest BCUT2D eigenvalue weighted by Gasteiger charge is 2.16. The summed E-state index contributed by atoms with van der Waals surface area (Å²) < 4.78 is 1.94. The van der Waals surface area contributed by atoms with Crippen molar-refractivity contribution in [3.63, 3.8) is 0 Å². The molecule has 1 N–H and O–H groups in total. The standard InChI is InChI=1S/C23H24ClN5OS/c1-2-13-29-22(17-5-7-18(24)8-6-17)26-27-23(29)31-16-21(30)25-19-9-11-20(12-10-19)28-14-3-4-15-28/h2,5-12H,1,3-4,13-16H2,(H,25,30). The molecule has 1 fully saturated rings. The van der Waals surface area contributed by atoms with E-state index in [9.17, 15) is 4.79 Å². The van der Waals surface area contributed by atoms with Gasteiger partial charge in [0.15, 0.2) is 11.0 Å². The SMILES string of the molecule is C=CCn1c(SCC(=O)Nc2ccc(N3CCCC3)cc2)nnc1-c1ccc(Cl)cc1. The zero-order valence-electron chi connectivity index (χ0n) is 17.1. The normalized spacial score (nSPS) is 13.4. The molecule has 1 aliphatic heterocycles. The summed E-state index contributed by atoms with van der Waals surface area (Å²) in [5.41, 5.74) is 2.91. The van der Waals surface area contributed by atoms with Crippen LogP contribution in [-0.4, -0.2) is 39.5 Å². The second-order valence-corrected chi connectivity index (χ2v) is 8.67. The molecule has 0 aliphatic carbocycles. The lowest BCUT2D eigenvalue weighted by molar-refractivity contribution is -0.113. The van der Waals surface area contributed by atoms with Crippen molar-refractivity contribution in [3.05, 3.63) is 66.2 Å². The molecule has 0 saturated carbocycles. The van der Waals surface area contributed by atoms with Crippen LogP contribution in [0.15, 0.2) is 66.3 Å². The van der Waals surface area contributed by atoms with E-state index in [1.807, 2.05) is 41.0 Å². The number of thioether (sulfide) groups is 1. The summed E-state index contributed by atoms with van der Waals surface area (Å²) in [6.45, 7) is 6.58. The number of carbonyl (C=O) groups is 1. The number of benzene rings is 2. The Kier molecular flexibility index (Phi) is 6.94. The van der Waals surface area contributed by atoms with E-state index in [2.05, 4.69) is 39.1 Å². The average Bonchev–Trinajstić information content (AvgIpc) is 3.44. The Morgan fingerprint density at radius 3 is 2.48 bits per heavy atom. The molecule has 0 unspecified atom stereocenters. The van der Waals surface area contributed by atoms with Gasteiger partial charge < -0.3 is 10.2 Å². The summed E-state index contributed by atoms with van der Waals surface area (Å²) >= 11 is 7.34. The first-order chi connectivity index (χ1) is 15.1. The van der Waals surface area contributed by atoms with Crippen LogP contribution in [0.25, 0.3) is 11.4 Å². The monoisotopic (exact) mass is 453 g/mol. The topological polar surface area (TPSA) is 63.1 Å². The molecule has 4 rings (SSSR count). The number of hydrogen-bond donors (Lipinski definition) is 1. The Hall–Kier alpha value is -2.77. The maximum atomic E-state index is 12.5. The fraction of sp³-hybridized carbons (Fsp3) is 0.261. The van der Waals surface area contributed by atoms with Crippen molar-refractivity contribution in [1.29, 1.82) is 0 Å². The molecule has 2 heterocycles. The van der Waals surface area contributed by atoms with E-state index in [0.717, 1.165) is 30.2 Å². The molecule has 1 saturated heterocycles. The predicted molar refractivity (Wildman–Crippen MR) is 128 cm³/mol. The number of rotatable bonds is 8. The van der Waals surface area contributed by atoms with Gasteiger partial charge in [-0.2, -0.15) is 0 Å². The van der Waals surface area contributed by atoms with Gasteiger partial charge in [0.2, 0.25) is 5.91 Å². The molecule has 6 nitrogen and oxygen atoms in total. The zero-order chi connectivity index (χ0) is 21.6. The van der Waals surface area contributed by atoms with Crippen molar-refractivity contribution in [3.8, 4) is 11.4 Å². The van der Waals surface area contributed by atoms with Crippen LogP contribution in [-0.2, 0) is 11.3 Å². The number of anilines is 2. The largest absolute Gasteiger partial charge is 0.372 e. The van der Waals surface area contributed by atoms with E-state index < -0.39 is 0 Å². The second-order valence-electron chi connectivity index (χ2n) is 7.29. The third-order valence-electron chi connectivity index (χ3n) is 5.09. The molecule has 1 aromatic heterocycles. The third kappa shape index (κ3) is 5.29. The Morgan fingerprint density at radius 1 is 1.10 bits per heavy atom. The van der Waals surface area contributed by atoms with E-state index in [0.29, 0.717) is 16.7 Å². The Bertz CT molecular complexity index is 1040. The highest BCUT2D eigenvalue weighted by molar-refractivity contribution is 7.99. The Labute approximate surface area is 191 Å². The highest BCUT2D eigenvalue weighted by Crippen LogP contribution is 2.26. The molecule has 0 atom stereocenters. The molecule has 0 spiro atoms. The smallest absolute Gasteiger partial charge is 0.234 e. The summed E-state index contributed by atoms with van der Waals surface area (Å²) in [6, 6.07) is 15.5. The minimum Gasteiger partial charge on any atom is -0.372 e. The number of amides is 1. The van der Waals surface area contributed by atoms with E-state index in [4.69, 9.17) is 11.6 Å². The van der Waals surface area contributed by atoms with Gasteiger partial charge in [0.25, 0.3) is 0 Å². The van der Waals surface area contributed by atoms with Crippen LogP contribution >= 0.6 is 23.4 Å². The first-order valence-corrected chi connectivity index (χ1v) is 11.6. The molecular formula is C23H24ClN5OS. The van der Waals surface area contributed by atoms with Gasteiger partial charge >= 0.3 is 0 Å². The Morgan fingerprint density at radius 2 is 1.81 bits per heavy atom. The van der Waals surface area contributed by atoms with Crippen LogP contribution in [0.1, 0.15) is 12.8 Å². The number of nitrogens with one attached hydrogen (secondary N) is 1. The molecule has 8 heteroatoms. The van der Waals surface area contributed by atoms with E-state index in [-0.39, 0.29) is 11.7 Å². The van der Waals surface area contributed by atoms with E-state index >= 15 is 0 Å². The lowest BCUT2D eigenvalue weighted by Crippen LogP contribution is -2.18. The van der Waals surface area contributed by atoms with Gasteiger partial charge in [-0.1, -0.05) is 29.4 Å². The number of aromatic nitrogens is 3.